The summed E-state index contributed by atoms with van der Waals surface area (Å²) in [5, 5.41) is 24.7. The predicted octanol–water partition coefficient (Wildman–Crippen LogP) is -5.10. The normalized spacial score (nSPS) is 9.43. The van der Waals surface area contributed by atoms with Gasteiger partial charge in [0.05, 0.1) is 0 Å². The molecule has 23 heavy (non-hydrogen) atoms. The van der Waals surface area contributed by atoms with Crippen molar-refractivity contribution < 1.29 is 78.9 Å². The van der Waals surface area contributed by atoms with Gasteiger partial charge in [-0.1, -0.05) is 48.8 Å². The molecule has 7 heteroatoms. The largest absolute Gasteiger partial charge is 1.00 e. The van der Waals surface area contributed by atoms with Crippen LogP contribution in [0.5, 0.6) is 5.75 Å². The van der Waals surface area contributed by atoms with Gasteiger partial charge in [-0.05, 0) is 26.2 Å². The van der Waals surface area contributed by atoms with Crippen LogP contribution in [-0.4, -0.2) is 18.4 Å². The number of nitrogens with one attached hydrogen (secondary N) is 1. The van der Waals surface area contributed by atoms with Crippen molar-refractivity contribution in [3.8, 4) is 5.75 Å². The Morgan fingerprint density at radius 2 is 1.65 bits per heavy atom. The summed E-state index contributed by atoms with van der Waals surface area (Å²) in [4.78, 5) is 22.1. The Morgan fingerprint density at radius 1 is 1.04 bits per heavy atom. The van der Waals surface area contributed by atoms with Gasteiger partial charge in [-0.25, -0.2) is 0 Å². The van der Waals surface area contributed by atoms with E-state index in [1.165, 1.54) is 6.07 Å². The molecule has 0 aliphatic heterocycles. The van der Waals surface area contributed by atoms with Crippen molar-refractivity contribution in [2.75, 3.05) is 6.54 Å². The number of para-hydroxylation sites is 1. The number of amides is 1. The first kappa shape index (κ1) is 25.2. The average Bonchev–Trinajstić information content (AvgIpc) is 2.44. The Labute approximate surface area is 181 Å². The summed E-state index contributed by atoms with van der Waals surface area (Å²) in [6.07, 6.45) is 4.27. The fourth-order valence-corrected chi connectivity index (χ4v) is 2.05. The third-order valence-electron chi connectivity index (χ3n) is 3.30. The van der Waals surface area contributed by atoms with Gasteiger partial charge in [0.25, 0.3) is 5.91 Å². The van der Waals surface area contributed by atoms with Crippen LogP contribution in [0, 0.1) is 6.92 Å². The summed E-state index contributed by atoms with van der Waals surface area (Å²) < 4.78 is 0. The monoisotopic (exact) mass is 337 g/mol. The van der Waals surface area contributed by atoms with Crippen LogP contribution in [0.1, 0.15) is 54.4 Å². The van der Waals surface area contributed by atoms with Gasteiger partial charge >= 0.3 is 59.1 Å². The van der Waals surface area contributed by atoms with Crippen molar-refractivity contribution in [1.82, 2.24) is 5.32 Å². The van der Waals surface area contributed by atoms with E-state index in [0.717, 1.165) is 25.7 Å². The quantitative estimate of drug-likeness (QED) is 0.360. The summed E-state index contributed by atoms with van der Waals surface area (Å²) >= 11 is 0. The molecule has 1 N–H and O–H groups in total. The minimum atomic E-state index is -1.01. The molecule has 0 aliphatic rings. The molecule has 0 aliphatic carbocycles. The van der Waals surface area contributed by atoms with E-state index in [0.29, 0.717) is 18.5 Å². The maximum atomic E-state index is 11.8. The molecule has 116 valence electrons. The molecule has 1 aromatic rings. The maximum Gasteiger partial charge on any atom is 1.00 e. The molecule has 1 rings (SSSR count). The number of hydrogen-bond donors (Lipinski definition) is 1. The zero-order valence-corrected chi connectivity index (χ0v) is 18.3. The molecule has 1 amide bonds. The van der Waals surface area contributed by atoms with Crippen molar-refractivity contribution in [2.24, 2.45) is 0 Å². The van der Waals surface area contributed by atoms with E-state index in [2.05, 4.69) is 5.32 Å². The smallest absolute Gasteiger partial charge is 0.872 e. The van der Waals surface area contributed by atoms with Gasteiger partial charge < -0.3 is 20.3 Å². The van der Waals surface area contributed by atoms with Crippen molar-refractivity contribution in [3.63, 3.8) is 0 Å². The van der Waals surface area contributed by atoms with Crippen molar-refractivity contribution >= 4 is 11.9 Å². The van der Waals surface area contributed by atoms with Gasteiger partial charge in [-0.3, -0.25) is 4.79 Å². The number of benzene rings is 1. The predicted molar refractivity (Wildman–Crippen MR) is 75.7 cm³/mol. The van der Waals surface area contributed by atoms with Crippen LogP contribution >= 0.6 is 0 Å². The molecule has 0 saturated heterocycles. The Morgan fingerprint density at radius 3 is 2.30 bits per heavy atom. The molecule has 0 saturated carbocycles. The van der Waals surface area contributed by atoms with Crippen LogP contribution in [-0.2, 0) is 4.79 Å². The van der Waals surface area contributed by atoms with E-state index in [1.54, 1.807) is 19.1 Å². The third kappa shape index (κ3) is 10.4. The molecular weight excluding hydrogens is 316 g/mol. The van der Waals surface area contributed by atoms with Crippen LogP contribution in [0.3, 0.4) is 0 Å². The number of rotatable bonds is 9. The van der Waals surface area contributed by atoms with Crippen LogP contribution in [0.15, 0.2) is 18.2 Å². The first-order valence-electron chi connectivity index (χ1n) is 7.27. The average molecular weight is 337 g/mol. The number of carbonyl (C=O) groups excluding carboxylic acids is 2. The molecular formula is C16H21NNa2O4. The van der Waals surface area contributed by atoms with Crippen molar-refractivity contribution in [3.05, 3.63) is 29.3 Å². The van der Waals surface area contributed by atoms with Crippen molar-refractivity contribution in [1.29, 1.82) is 0 Å². The number of carboxylic acids is 1. The summed E-state index contributed by atoms with van der Waals surface area (Å²) in [5.74, 6) is -1.56. The molecule has 0 atom stereocenters. The molecule has 0 aromatic heterocycles. The van der Waals surface area contributed by atoms with Crippen LogP contribution in [0.4, 0.5) is 0 Å². The number of carbonyl (C=O) groups is 2. The maximum absolute atomic E-state index is 11.8. The molecule has 0 fully saturated rings. The third-order valence-corrected chi connectivity index (χ3v) is 3.30. The molecule has 0 unspecified atom stereocenters. The summed E-state index contributed by atoms with van der Waals surface area (Å²) in [6, 6.07) is 4.92. The van der Waals surface area contributed by atoms with Gasteiger partial charge in [-0.15, -0.1) is 0 Å². The minimum absolute atomic E-state index is 0. The van der Waals surface area contributed by atoms with E-state index in [9.17, 15) is 19.8 Å². The minimum Gasteiger partial charge on any atom is -0.872 e. The van der Waals surface area contributed by atoms with Crippen molar-refractivity contribution in [2.45, 2.75) is 45.4 Å². The topological polar surface area (TPSA) is 92.3 Å². The summed E-state index contributed by atoms with van der Waals surface area (Å²) in [5.41, 5.74) is 0.750. The molecule has 0 radical (unpaired) electrons. The van der Waals surface area contributed by atoms with E-state index in [-0.39, 0.29) is 82.8 Å². The van der Waals surface area contributed by atoms with E-state index in [4.69, 9.17) is 0 Å². The van der Waals surface area contributed by atoms with Gasteiger partial charge in [0.2, 0.25) is 0 Å². The zero-order valence-electron chi connectivity index (χ0n) is 14.3. The molecule has 5 nitrogen and oxygen atoms in total. The standard InChI is InChI=1S/C16H23NO4.2Na/c1-12-8-7-9-13(15(12)20)16(21)17-11-6-4-2-3-5-10-14(18)19;;/h7-9,20H,2-6,10-11H2,1H3,(H,17,21)(H,18,19);;/q;2*+1/p-2. The summed E-state index contributed by atoms with van der Waals surface area (Å²) in [7, 11) is 0. The zero-order chi connectivity index (χ0) is 15.7. The molecule has 0 bridgehead atoms. The second-order valence-corrected chi connectivity index (χ2v) is 5.10. The number of carboxylic acid groups (broad SMARTS) is 1. The fraction of sp³-hybridized carbons (Fsp3) is 0.500. The van der Waals surface area contributed by atoms with Gasteiger partial charge in [0.15, 0.2) is 0 Å². The van der Waals surface area contributed by atoms with E-state index >= 15 is 0 Å². The first-order valence-corrected chi connectivity index (χ1v) is 7.27. The second kappa shape index (κ2) is 14.3. The Kier molecular flexibility index (Phi) is 15.7. The number of aliphatic carboxylic acids is 1. The number of hydrogen-bond acceptors (Lipinski definition) is 4. The Balaban J connectivity index is 0. The Hall–Kier alpha value is -0.0400. The van der Waals surface area contributed by atoms with Crippen LogP contribution in [0.25, 0.3) is 0 Å². The summed E-state index contributed by atoms with van der Waals surface area (Å²) in [6.45, 7) is 2.21. The van der Waals surface area contributed by atoms with Crippen LogP contribution in [0.2, 0.25) is 0 Å². The van der Waals surface area contributed by atoms with Gasteiger partial charge in [-0.2, -0.15) is 0 Å². The second-order valence-electron chi connectivity index (χ2n) is 5.10. The van der Waals surface area contributed by atoms with Gasteiger partial charge in [0, 0.05) is 18.1 Å². The molecule has 1 aromatic carbocycles. The SMILES string of the molecule is Cc1cccc(C(=O)NCCCCCCCC(=O)[O-])c1[O-].[Na+].[Na+]. The van der Waals surface area contributed by atoms with Crippen LogP contribution < -0.4 is 74.6 Å². The van der Waals surface area contributed by atoms with Gasteiger partial charge in [0.1, 0.15) is 0 Å². The van der Waals surface area contributed by atoms with E-state index in [1.807, 2.05) is 0 Å². The number of unbranched alkanes of at least 4 members (excludes halogenated alkanes) is 4. The number of aryl methyl sites for hydroxylation is 1. The van der Waals surface area contributed by atoms with E-state index < -0.39 is 5.97 Å². The Bertz CT molecular complexity index is 495. The first-order chi connectivity index (χ1) is 10.0. The fourth-order valence-electron chi connectivity index (χ4n) is 2.05. The molecule has 0 spiro atoms. The molecule has 0 heterocycles.